The molecule has 7 nitrogen and oxygen atoms in total. The van der Waals surface area contributed by atoms with Crippen molar-refractivity contribution in [1.82, 2.24) is 10.6 Å². The Morgan fingerprint density at radius 1 is 1.38 bits per heavy atom. The molecule has 1 aromatic carbocycles. The van der Waals surface area contributed by atoms with E-state index in [4.69, 9.17) is 0 Å². The van der Waals surface area contributed by atoms with Crippen LogP contribution < -0.4 is 20.3 Å². The first-order chi connectivity index (χ1) is 11.5. The second kappa shape index (κ2) is 8.32. The third kappa shape index (κ3) is 4.97. The third-order valence-corrected chi connectivity index (χ3v) is 3.55. The van der Waals surface area contributed by atoms with Gasteiger partial charge < -0.3 is 25.0 Å². The van der Waals surface area contributed by atoms with Crippen LogP contribution in [-0.2, 0) is 9.53 Å². The lowest BCUT2D eigenvalue weighted by Gasteiger charge is -2.22. The quantitative estimate of drug-likeness (QED) is 0.815. The predicted molar refractivity (Wildman–Crippen MR) is 82.2 cm³/mol. The Kier molecular flexibility index (Phi) is 6.16. The molecular formula is C15H19F2N3O4. The van der Waals surface area contributed by atoms with Crippen molar-refractivity contribution in [2.45, 2.75) is 19.1 Å². The van der Waals surface area contributed by atoms with Gasteiger partial charge in [0.15, 0.2) is 0 Å². The second-order valence-corrected chi connectivity index (χ2v) is 5.19. The molecule has 1 fully saturated rings. The fourth-order valence-corrected chi connectivity index (χ4v) is 2.51. The number of halogens is 2. The highest BCUT2D eigenvalue weighted by atomic mass is 19.3. The van der Waals surface area contributed by atoms with Crippen molar-refractivity contribution in [3.63, 3.8) is 0 Å². The first-order valence-electron chi connectivity index (χ1n) is 7.39. The highest BCUT2D eigenvalue weighted by molar-refractivity contribution is 5.82. The molecule has 1 atom stereocenters. The molecule has 0 unspecified atom stereocenters. The molecule has 0 saturated carbocycles. The first-order valence-corrected chi connectivity index (χ1v) is 7.39. The standard InChI is InChI=1S/C15H19F2N3O4/c1-23-15(22)18-8-13(21)19-10-6-7-20(9-10)11-4-2-3-5-12(11)24-14(16)17/h2-5,10,14H,6-9H2,1H3,(H,18,22)(H,19,21)/t10-/m0/s1. The maximum Gasteiger partial charge on any atom is 0.407 e. The Bertz CT molecular complexity index is 586. The summed E-state index contributed by atoms with van der Waals surface area (Å²) in [4.78, 5) is 24.5. The summed E-state index contributed by atoms with van der Waals surface area (Å²) in [6.07, 6.45) is -0.0243. The second-order valence-electron chi connectivity index (χ2n) is 5.19. The largest absolute Gasteiger partial charge is 0.453 e. The zero-order valence-corrected chi connectivity index (χ0v) is 13.1. The highest BCUT2D eigenvalue weighted by Crippen LogP contribution is 2.31. The molecule has 132 valence electrons. The van der Waals surface area contributed by atoms with Crippen molar-refractivity contribution >= 4 is 17.7 Å². The SMILES string of the molecule is COC(=O)NCC(=O)N[C@H]1CCN(c2ccccc2OC(F)F)C1. The number of anilines is 1. The average molecular weight is 343 g/mol. The number of para-hydroxylation sites is 2. The molecule has 0 bridgehead atoms. The van der Waals surface area contributed by atoms with Crippen molar-refractivity contribution in [3.8, 4) is 5.75 Å². The average Bonchev–Trinajstić information content (AvgIpc) is 3.00. The predicted octanol–water partition coefficient (Wildman–Crippen LogP) is 1.34. The molecule has 2 amide bonds. The van der Waals surface area contributed by atoms with Crippen LogP contribution in [0.5, 0.6) is 5.75 Å². The molecule has 1 heterocycles. The highest BCUT2D eigenvalue weighted by Gasteiger charge is 2.26. The van der Waals surface area contributed by atoms with Gasteiger partial charge in [-0.25, -0.2) is 4.79 Å². The first kappa shape index (κ1) is 17.8. The van der Waals surface area contributed by atoms with E-state index in [1.807, 2.05) is 4.90 Å². The monoisotopic (exact) mass is 343 g/mol. The van der Waals surface area contributed by atoms with Gasteiger partial charge in [-0.3, -0.25) is 4.79 Å². The van der Waals surface area contributed by atoms with E-state index in [1.54, 1.807) is 18.2 Å². The Balaban J connectivity index is 1.89. The zero-order chi connectivity index (χ0) is 17.5. The normalized spacial score (nSPS) is 16.8. The minimum Gasteiger partial charge on any atom is -0.453 e. The van der Waals surface area contributed by atoms with E-state index in [0.29, 0.717) is 25.2 Å². The molecule has 1 saturated heterocycles. The molecule has 0 radical (unpaired) electrons. The summed E-state index contributed by atoms with van der Waals surface area (Å²) in [7, 11) is 1.21. The molecule has 0 aromatic heterocycles. The van der Waals surface area contributed by atoms with Gasteiger partial charge in [-0.15, -0.1) is 0 Å². The summed E-state index contributed by atoms with van der Waals surface area (Å²) in [5.74, 6) is -0.240. The van der Waals surface area contributed by atoms with Crippen LogP contribution >= 0.6 is 0 Å². The van der Waals surface area contributed by atoms with Gasteiger partial charge >= 0.3 is 12.7 Å². The molecule has 0 spiro atoms. The van der Waals surface area contributed by atoms with E-state index >= 15 is 0 Å². The van der Waals surface area contributed by atoms with E-state index in [2.05, 4.69) is 20.1 Å². The summed E-state index contributed by atoms with van der Waals surface area (Å²) < 4.78 is 33.9. The number of nitrogens with one attached hydrogen (secondary N) is 2. The van der Waals surface area contributed by atoms with Crippen LogP contribution in [0.3, 0.4) is 0 Å². The summed E-state index contributed by atoms with van der Waals surface area (Å²) in [6.45, 7) is -2.02. The van der Waals surface area contributed by atoms with Crippen molar-refractivity contribution in [2.75, 3.05) is 31.6 Å². The van der Waals surface area contributed by atoms with Gasteiger partial charge in [0.25, 0.3) is 0 Å². The van der Waals surface area contributed by atoms with E-state index < -0.39 is 12.7 Å². The fourth-order valence-electron chi connectivity index (χ4n) is 2.51. The minimum atomic E-state index is -2.89. The number of carbonyl (C=O) groups excluding carboxylic acids is 2. The van der Waals surface area contributed by atoms with Crippen molar-refractivity contribution in [2.24, 2.45) is 0 Å². The third-order valence-electron chi connectivity index (χ3n) is 3.55. The van der Waals surface area contributed by atoms with Crippen molar-refractivity contribution in [3.05, 3.63) is 24.3 Å². The molecule has 2 rings (SSSR count). The zero-order valence-electron chi connectivity index (χ0n) is 13.1. The van der Waals surface area contributed by atoms with Crippen LogP contribution in [0.4, 0.5) is 19.3 Å². The van der Waals surface area contributed by atoms with Crippen LogP contribution in [0, 0.1) is 0 Å². The fraction of sp³-hybridized carbons (Fsp3) is 0.467. The number of alkyl carbamates (subject to hydrolysis) is 1. The maximum atomic E-state index is 12.5. The Morgan fingerprint density at radius 2 is 2.12 bits per heavy atom. The van der Waals surface area contributed by atoms with Gasteiger partial charge in [0.2, 0.25) is 5.91 Å². The van der Waals surface area contributed by atoms with Crippen molar-refractivity contribution < 1.29 is 27.8 Å². The van der Waals surface area contributed by atoms with Gasteiger partial charge in [-0.2, -0.15) is 8.78 Å². The van der Waals surface area contributed by atoms with Crippen molar-refractivity contribution in [1.29, 1.82) is 0 Å². The van der Waals surface area contributed by atoms with E-state index in [-0.39, 0.29) is 24.2 Å². The van der Waals surface area contributed by atoms with E-state index in [1.165, 1.54) is 13.2 Å². The Labute approximate surface area is 137 Å². The maximum absolute atomic E-state index is 12.5. The molecule has 0 aliphatic carbocycles. The Hall–Kier alpha value is -2.58. The molecule has 1 aliphatic heterocycles. The molecule has 24 heavy (non-hydrogen) atoms. The lowest BCUT2D eigenvalue weighted by atomic mass is 10.2. The number of rotatable bonds is 6. The summed E-state index contributed by atoms with van der Waals surface area (Å²) >= 11 is 0. The van der Waals surface area contributed by atoms with Gasteiger partial charge in [-0.1, -0.05) is 12.1 Å². The van der Waals surface area contributed by atoms with Crippen LogP contribution in [0.15, 0.2) is 24.3 Å². The summed E-state index contributed by atoms with van der Waals surface area (Å²) in [5, 5.41) is 5.07. The number of carbonyl (C=O) groups is 2. The van der Waals surface area contributed by atoms with Crippen LogP contribution in [0.2, 0.25) is 0 Å². The summed E-state index contributed by atoms with van der Waals surface area (Å²) in [5.41, 5.74) is 0.558. The molecule has 1 aliphatic rings. The van der Waals surface area contributed by atoms with Gasteiger partial charge in [0, 0.05) is 19.1 Å². The number of nitrogens with zero attached hydrogens (tertiary/aromatic N) is 1. The number of alkyl halides is 2. The number of hydrogen-bond acceptors (Lipinski definition) is 5. The number of ether oxygens (including phenoxy) is 2. The van der Waals surface area contributed by atoms with Crippen LogP contribution in [-0.4, -0.2) is 51.4 Å². The lowest BCUT2D eigenvalue weighted by molar-refractivity contribution is -0.120. The van der Waals surface area contributed by atoms with Gasteiger partial charge in [0.05, 0.1) is 12.8 Å². The van der Waals surface area contributed by atoms with Crippen LogP contribution in [0.1, 0.15) is 6.42 Å². The van der Waals surface area contributed by atoms with Gasteiger partial charge in [0.1, 0.15) is 12.3 Å². The van der Waals surface area contributed by atoms with Crippen LogP contribution in [0.25, 0.3) is 0 Å². The molecule has 1 aromatic rings. The number of methoxy groups -OCH3 is 1. The smallest absolute Gasteiger partial charge is 0.407 e. The lowest BCUT2D eigenvalue weighted by Crippen LogP contribution is -2.43. The number of amides is 2. The molecular weight excluding hydrogens is 324 g/mol. The molecule has 9 heteroatoms. The number of benzene rings is 1. The van der Waals surface area contributed by atoms with E-state index in [0.717, 1.165) is 0 Å². The molecule has 2 N–H and O–H groups in total. The Morgan fingerprint density at radius 3 is 2.83 bits per heavy atom. The van der Waals surface area contributed by atoms with E-state index in [9.17, 15) is 18.4 Å². The van der Waals surface area contributed by atoms with Gasteiger partial charge in [-0.05, 0) is 18.6 Å². The minimum absolute atomic E-state index is 0.104. The topological polar surface area (TPSA) is 79.9 Å². The number of hydrogen-bond donors (Lipinski definition) is 2. The summed E-state index contributed by atoms with van der Waals surface area (Å²) in [6, 6.07) is 6.39.